The maximum atomic E-state index is 12.9. The molecule has 0 bridgehead atoms. The molecule has 1 rings (SSSR count). The predicted octanol–water partition coefficient (Wildman–Crippen LogP) is -0.726. The second-order valence-electron chi connectivity index (χ2n) is 11.1. The van der Waals surface area contributed by atoms with Crippen LogP contribution in [0.4, 0.5) is 0 Å². The molecule has 1 heterocycles. The number of hydrogen-bond donors (Lipinski definition) is 7. The summed E-state index contributed by atoms with van der Waals surface area (Å²) in [6, 6.07) is -3.58. The van der Waals surface area contributed by atoms with E-state index in [1.807, 2.05) is 0 Å². The molecule has 44 heavy (non-hydrogen) atoms. The monoisotopic (exact) mass is 632 g/mol. The smallest absolute Gasteiger partial charge is 0.328 e. The van der Waals surface area contributed by atoms with Crippen molar-refractivity contribution < 1.29 is 53.5 Å². The molecule has 254 valence electrons. The van der Waals surface area contributed by atoms with E-state index in [-0.39, 0.29) is 19.4 Å². The first-order chi connectivity index (χ1) is 20.8. The molecule has 15 nitrogen and oxygen atoms in total. The van der Waals surface area contributed by atoms with Crippen LogP contribution in [0.5, 0.6) is 0 Å². The van der Waals surface area contributed by atoms with Crippen molar-refractivity contribution >= 4 is 29.6 Å². The maximum absolute atomic E-state index is 12.9. The van der Waals surface area contributed by atoms with E-state index in [1.165, 1.54) is 46.5 Å². The zero-order valence-corrected chi connectivity index (χ0v) is 26.3. The van der Waals surface area contributed by atoms with Gasteiger partial charge in [0, 0.05) is 13.3 Å². The van der Waals surface area contributed by atoms with E-state index in [2.05, 4.69) is 22.9 Å². The Labute approximate surface area is 258 Å². The Morgan fingerprint density at radius 1 is 0.932 bits per heavy atom. The Balaban J connectivity index is 2.70. The standard InChI is InChI=1S/C29H52N4O11/c1-5-6-7-8-9-10-11-12-15-42-28(40)20(13-14-22(30)36)33-26(38)17(2)31-27(39)18(3)43-25-23(32-19(4)35)29(41)44-21(16-34)24(25)37/h17-18,20-21,23-25,29,34,37,41H,5-16H2,1-4H3,(H2,30,36)(H,31,39)(H,32,35)(H,33,38)/t17-,18+,20-,21?,23?,24?,25?,29?/m0/s1. The average molecular weight is 633 g/mol. The van der Waals surface area contributed by atoms with E-state index >= 15 is 0 Å². The van der Waals surface area contributed by atoms with Crippen LogP contribution in [-0.2, 0) is 38.2 Å². The van der Waals surface area contributed by atoms with Crippen molar-refractivity contribution in [1.29, 1.82) is 0 Å². The summed E-state index contributed by atoms with van der Waals surface area (Å²) in [5, 5.41) is 37.6. The number of aliphatic hydroxyl groups excluding tert-OH is 3. The lowest BCUT2D eigenvalue weighted by atomic mass is 9.96. The first kappa shape index (κ1) is 39.2. The Hall–Kier alpha value is -2.85. The lowest BCUT2D eigenvalue weighted by molar-refractivity contribution is -0.266. The van der Waals surface area contributed by atoms with Gasteiger partial charge in [-0.3, -0.25) is 19.2 Å². The van der Waals surface area contributed by atoms with E-state index < -0.39 is 85.0 Å². The highest BCUT2D eigenvalue weighted by atomic mass is 16.6. The molecule has 1 fully saturated rings. The summed E-state index contributed by atoms with van der Waals surface area (Å²) in [5.41, 5.74) is 5.23. The number of nitrogens with two attached hydrogens (primary N) is 1. The van der Waals surface area contributed by atoms with Crippen LogP contribution >= 0.6 is 0 Å². The lowest BCUT2D eigenvalue weighted by Gasteiger charge is -2.43. The summed E-state index contributed by atoms with van der Waals surface area (Å²) in [4.78, 5) is 61.4. The minimum absolute atomic E-state index is 0.0853. The van der Waals surface area contributed by atoms with E-state index in [0.29, 0.717) is 6.42 Å². The van der Waals surface area contributed by atoms with E-state index in [4.69, 9.17) is 19.9 Å². The molecule has 8 N–H and O–H groups in total. The molecule has 0 saturated carbocycles. The summed E-state index contributed by atoms with van der Waals surface area (Å²) in [5.74, 6) is -3.46. The fourth-order valence-corrected chi connectivity index (χ4v) is 4.67. The van der Waals surface area contributed by atoms with Crippen LogP contribution in [0.15, 0.2) is 0 Å². The Kier molecular flexibility index (Phi) is 18.7. The zero-order valence-electron chi connectivity index (χ0n) is 26.3. The van der Waals surface area contributed by atoms with Gasteiger partial charge in [-0.05, 0) is 26.7 Å². The van der Waals surface area contributed by atoms with Crippen LogP contribution in [-0.4, -0.2) is 107 Å². The Bertz CT molecular complexity index is 922. The van der Waals surface area contributed by atoms with Gasteiger partial charge < -0.3 is 51.2 Å². The van der Waals surface area contributed by atoms with Crippen LogP contribution in [0.1, 0.15) is 91.9 Å². The third kappa shape index (κ3) is 14.3. The highest BCUT2D eigenvalue weighted by Crippen LogP contribution is 2.24. The van der Waals surface area contributed by atoms with Crippen molar-refractivity contribution in [2.24, 2.45) is 5.73 Å². The van der Waals surface area contributed by atoms with Crippen LogP contribution in [0, 0.1) is 0 Å². The molecule has 1 aliphatic rings. The van der Waals surface area contributed by atoms with Gasteiger partial charge in [-0.25, -0.2) is 4.79 Å². The van der Waals surface area contributed by atoms with E-state index in [9.17, 15) is 39.3 Å². The van der Waals surface area contributed by atoms with Gasteiger partial charge in [-0.1, -0.05) is 51.9 Å². The molecule has 0 aliphatic carbocycles. The van der Waals surface area contributed by atoms with Crippen LogP contribution in [0.25, 0.3) is 0 Å². The van der Waals surface area contributed by atoms with Crippen molar-refractivity contribution in [3.8, 4) is 0 Å². The van der Waals surface area contributed by atoms with Gasteiger partial charge in [0.25, 0.3) is 0 Å². The van der Waals surface area contributed by atoms with Gasteiger partial charge in [-0.15, -0.1) is 0 Å². The zero-order chi connectivity index (χ0) is 33.2. The summed E-state index contributed by atoms with van der Waals surface area (Å²) in [6.45, 7) is 5.53. The number of aliphatic hydroxyl groups is 3. The fourth-order valence-electron chi connectivity index (χ4n) is 4.67. The lowest BCUT2D eigenvalue weighted by Crippen LogP contribution is -2.65. The highest BCUT2D eigenvalue weighted by Gasteiger charge is 2.47. The molecular formula is C29H52N4O11. The van der Waals surface area contributed by atoms with E-state index in [1.54, 1.807) is 0 Å². The van der Waals surface area contributed by atoms with Gasteiger partial charge in [0.15, 0.2) is 6.29 Å². The summed E-state index contributed by atoms with van der Waals surface area (Å²) in [7, 11) is 0. The van der Waals surface area contributed by atoms with Crippen LogP contribution < -0.4 is 21.7 Å². The number of rotatable bonds is 21. The third-order valence-electron chi connectivity index (χ3n) is 7.25. The van der Waals surface area contributed by atoms with Gasteiger partial charge >= 0.3 is 5.97 Å². The van der Waals surface area contributed by atoms with Crippen LogP contribution in [0.2, 0.25) is 0 Å². The highest BCUT2D eigenvalue weighted by molar-refractivity contribution is 5.91. The molecule has 15 heteroatoms. The first-order valence-corrected chi connectivity index (χ1v) is 15.4. The van der Waals surface area contributed by atoms with Gasteiger partial charge in [0.2, 0.25) is 23.6 Å². The number of nitrogens with one attached hydrogen (secondary N) is 3. The molecule has 0 aromatic carbocycles. The maximum Gasteiger partial charge on any atom is 0.328 e. The normalized spacial score (nSPS) is 23.6. The molecule has 5 unspecified atom stereocenters. The molecule has 0 radical (unpaired) electrons. The number of carbonyl (C=O) groups is 5. The molecule has 4 amide bonds. The number of amides is 4. The fraction of sp³-hybridized carbons (Fsp3) is 0.828. The topological polar surface area (TPSA) is 236 Å². The second-order valence-corrected chi connectivity index (χ2v) is 11.1. The Morgan fingerprint density at radius 3 is 2.11 bits per heavy atom. The number of hydrogen-bond acceptors (Lipinski definition) is 11. The molecule has 0 spiro atoms. The quantitative estimate of drug-likeness (QED) is 0.0615. The van der Waals surface area contributed by atoms with Gasteiger partial charge in [0.1, 0.15) is 42.5 Å². The number of unbranched alkanes of at least 4 members (excludes halogenated alkanes) is 7. The number of ether oxygens (including phenoxy) is 3. The second kappa shape index (κ2) is 21.0. The molecular weight excluding hydrogens is 580 g/mol. The summed E-state index contributed by atoms with van der Waals surface area (Å²) >= 11 is 0. The summed E-state index contributed by atoms with van der Waals surface area (Å²) < 4.78 is 16.1. The number of carbonyl (C=O) groups excluding carboxylic acids is 5. The molecule has 8 atom stereocenters. The minimum Gasteiger partial charge on any atom is -0.464 e. The SMILES string of the molecule is CCCCCCCCCCOC(=O)[C@H](CCC(N)=O)NC(=O)[C@H](C)NC(=O)[C@@H](C)OC1C(O)C(CO)OC(O)C1NC(C)=O. The Morgan fingerprint density at radius 2 is 1.55 bits per heavy atom. The largest absolute Gasteiger partial charge is 0.464 e. The van der Waals surface area contributed by atoms with Crippen molar-refractivity contribution in [2.75, 3.05) is 13.2 Å². The average Bonchev–Trinajstić information content (AvgIpc) is 2.96. The predicted molar refractivity (Wildman–Crippen MR) is 157 cm³/mol. The van der Waals surface area contributed by atoms with Crippen molar-refractivity contribution in [3.05, 3.63) is 0 Å². The summed E-state index contributed by atoms with van der Waals surface area (Å²) in [6.07, 6.45) is 1.22. The van der Waals surface area contributed by atoms with Crippen molar-refractivity contribution in [1.82, 2.24) is 16.0 Å². The minimum atomic E-state index is -1.64. The first-order valence-electron chi connectivity index (χ1n) is 15.4. The van der Waals surface area contributed by atoms with Crippen molar-refractivity contribution in [3.63, 3.8) is 0 Å². The molecule has 1 saturated heterocycles. The van der Waals surface area contributed by atoms with Crippen LogP contribution in [0.3, 0.4) is 0 Å². The molecule has 0 aromatic rings. The number of esters is 1. The van der Waals surface area contributed by atoms with Gasteiger partial charge in [-0.2, -0.15) is 0 Å². The molecule has 0 aromatic heterocycles. The third-order valence-corrected chi connectivity index (χ3v) is 7.25. The number of primary amides is 1. The molecule has 1 aliphatic heterocycles. The van der Waals surface area contributed by atoms with Gasteiger partial charge in [0.05, 0.1) is 13.2 Å². The van der Waals surface area contributed by atoms with E-state index in [0.717, 1.165) is 19.3 Å². The van der Waals surface area contributed by atoms with Crippen molar-refractivity contribution in [2.45, 2.75) is 141 Å².